The summed E-state index contributed by atoms with van der Waals surface area (Å²) in [6.07, 6.45) is 1.64. The van der Waals surface area contributed by atoms with Gasteiger partial charge in [0.2, 0.25) is 6.79 Å². The number of carbonyl (C=O) groups excluding carboxylic acids is 2. The lowest BCUT2D eigenvalue weighted by molar-refractivity contribution is -0.138. The van der Waals surface area contributed by atoms with Crippen LogP contribution in [0.2, 0.25) is 0 Å². The number of hydrazone groups is 1. The standard InChI is InChI=1S/C33H26N4O6S/c1-3-41-32(40)27-28(20-10-6-4-7-11-20)34-33-36(29(27)21-14-15-24-25(16-21)43-18-42-24)31(39)26(44-33)17-23-19(2)35-37(30(23)38)22-12-8-5-9-13-22/h4-17,23,29H,3,18H2,1-2H3/b26-17+/t23-,29-/m1/s1. The Morgan fingerprint density at radius 3 is 2.50 bits per heavy atom. The predicted octanol–water partition coefficient (Wildman–Crippen LogP) is 3.65. The Bertz CT molecular complexity index is 2050. The fourth-order valence-corrected chi connectivity index (χ4v) is 6.54. The van der Waals surface area contributed by atoms with Gasteiger partial charge in [0.1, 0.15) is 5.92 Å². The van der Waals surface area contributed by atoms with E-state index in [1.54, 1.807) is 50.3 Å². The number of rotatable bonds is 6. The first kappa shape index (κ1) is 27.5. The van der Waals surface area contributed by atoms with Crippen molar-refractivity contribution in [3.63, 3.8) is 0 Å². The third-order valence-electron chi connectivity index (χ3n) is 7.59. The first-order valence-electron chi connectivity index (χ1n) is 14.1. The largest absolute Gasteiger partial charge is 0.463 e. The lowest BCUT2D eigenvalue weighted by Gasteiger charge is -2.26. The Morgan fingerprint density at radius 2 is 1.75 bits per heavy atom. The highest BCUT2D eigenvalue weighted by Gasteiger charge is 2.37. The highest BCUT2D eigenvalue weighted by molar-refractivity contribution is 7.07. The van der Waals surface area contributed by atoms with Gasteiger partial charge in [0.15, 0.2) is 16.3 Å². The van der Waals surface area contributed by atoms with Crippen molar-refractivity contribution in [1.82, 2.24) is 4.57 Å². The summed E-state index contributed by atoms with van der Waals surface area (Å²) in [6, 6.07) is 22.9. The van der Waals surface area contributed by atoms with Crippen LogP contribution in [0.5, 0.6) is 11.5 Å². The lowest BCUT2D eigenvalue weighted by Crippen LogP contribution is -2.40. The van der Waals surface area contributed by atoms with Crippen LogP contribution < -0.4 is 29.4 Å². The second kappa shape index (κ2) is 11.1. The topological polar surface area (TPSA) is 112 Å². The Labute approximate surface area is 255 Å². The zero-order valence-electron chi connectivity index (χ0n) is 23.8. The van der Waals surface area contributed by atoms with E-state index in [-0.39, 0.29) is 30.4 Å². The molecule has 2 atom stereocenters. The molecule has 1 amide bonds. The highest BCUT2D eigenvalue weighted by atomic mass is 32.1. The minimum absolute atomic E-state index is 0.0771. The Morgan fingerprint density at radius 1 is 1.02 bits per heavy atom. The van der Waals surface area contributed by atoms with Crippen molar-refractivity contribution in [2.45, 2.75) is 19.9 Å². The molecule has 0 unspecified atom stereocenters. The molecule has 0 N–H and O–H groups in total. The average molecular weight is 607 g/mol. The average Bonchev–Trinajstić information content (AvgIpc) is 3.73. The number of ether oxygens (including phenoxy) is 3. The number of aromatic nitrogens is 1. The maximum Gasteiger partial charge on any atom is 0.338 e. The molecule has 3 aliphatic heterocycles. The molecule has 0 saturated carbocycles. The lowest BCUT2D eigenvalue weighted by atomic mass is 9.93. The van der Waals surface area contributed by atoms with E-state index in [2.05, 4.69) is 5.10 Å². The van der Waals surface area contributed by atoms with Crippen molar-refractivity contribution in [2.75, 3.05) is 18.4 Å². The molecule has 0 saturated heterocycles. The van der Waals surface area contributed by atoms with Gasteiger partial charge in [-0.25, -0.2) is 9.79 Å². The van der Waals surface area contributed by atoms with Gasteiger partial charge in [-0.15, -0.1) is 0 Å². The van der Waals surface area contributed by atoms with Crippen LogP contribution in [0.1, 0.15) is 31.0 Å². The Balaban J connectivity index is 1.43. The van der Waals surface area contributed by atoms with Crippen LogP contribution in [0.15, 0.2) is 99.3 Å². The molecule has 0 fully saturated rings. The van der Waals surface area contributed by atoms with E-state index in [4.69, 9.17) is 19.2 Å². The van der Waals surface area contributed by atoms with Crippen LogP contribution in [0.25, 0.3) is 11.8 Å². The highest BCUT2D eigenvalue weighted by Crippen LogP contribution is 2.40. The number of nitrogens with zero attached hydrogens (tertiary/aromatic N) is 4. The number of carbonyl (C=O) groups is 2. The molecule has 0 bridgehead atoms. The molecule has 7 rings (SSSR count). The number of para-hydroxylation sites is 1. The molecule has 0 radical (unpaired) electrons. The molecule has 4 aromatic rings. The van der Waals surface area contributed by atoms with Gasteiger partial charge in [-0.2, -0.15) is 10.1 Å². The number of fused-ring (bicyclic) bond motifs is 2. The molecule has 0 aliphatic carbocycles. The van der Waals surface area contributed by atoms with E-state index < -0.39 is 17.9 Å². The van der Waals surface area contributed by atoms with Crippen LogP contribution in [-0.4, -0.2) is 35.6 Å². The third kappa shape index (κ3) is 4.62. The number of hydrogen-bond acceptors (Lipinski definition) is 9. The molecule has 10 nitrogen and oxygen atoms in total. The van der Waals surface area contributed by atoms with E-state index in [1.165, 1.54) is 9.58 Å². The maximum absolute atomic E-state index is 14.2. The second-order valence-corrected chi connectivity index (χ2v) is 11.3. The van der Waals surface area contributed by atoms with Crippen LogP contribution in [0.3, 0.4) is 0 Å². The fraction of sp³-hybridized carbons (Fsp3) is 0.182. The van der Waals surface area contributed by atoms with Gasteiger partial charge in [-0.3, -0.25) is 14.2 Å². The molecule has 3 aliphatic rings. The molecule has 44 heavy (non-hydrogen) atoms. The van der Waals surface area contributed by atoms with E-state index >= 15 is 0 Å². The van der Waals surface area contributed by atoms with Crippen molar-refractivity contribution in [2.24, 2.45) is 16.0 Å². The minimum Gasteiger partial charge on any atom is -0.463 e. The summed E-state index contributed by atoms with van der Waals surface area (Å²) in [5.41, 5.74) is 2.77. The van der Waals surface area contributed by atoms with Gasteiger partial charge in [0.05, 0.1) is 39.9 Å². The quantitative estimate of drug-likeness (QED) is 0.310. The fourth-order valence-electron chi connectivity index (χ4n) is 5.53. The number of anilines is 1. The van der Waals surface area contributed by atoms with E-state index in [9.17, 15) is 14.4 Å². The van der Waals surface area contributed by atoms with Gasteiger partial charge < -0.3 is 14.2 Å². The van der Waals surface area contributed by atoms with Crippen LogP contribution >= 0.6 is 11.3 Å². The van der Waals surface area contributed by atoms with Crippen molar-refractivity contribution >= 4 is 46.4 Å². The summed E-state index contributed by atoms with van der Waals surface area (Å²) in [6.45, 7) is 3.71. The summed E-state index contributed by atoms with van der Waals surface area (Å²) >= 11 is 1.16. The van der Waals surface area contributed by atoms with Gasteiger partial charge in [-0.05, 0) is 49.8 Å². The zero-order chi connectivity index (χ0) is 30.4. The smallest absolute Gasteiger partial charge is 0.338 e. The third-order valence-corrected chi connectivity index (χ3v) is 8.59. The molecule has 11 heteroatoms. The molecular weight excluding hydrogens is 580 g/mol. The van der Waals surface area contributed by atoms with Gasteiger partial charge >= 0.3 is 5.97 Å². The molecule has 220 valence electrons. The van der Waals surface area contributed by atoms with Crippen LogP contribution in [0, 0.1) is 5.92 Å². The second-order valence-electron chi connectivity index (χ2n) is 10.3. The summed E-state index contributed by atoms with van der Waals surface area (Å²) in [5.74, 6) is -0.499. The van der Waals surface area contributed by atoms with Gasteiger partial charge in [-0.1, -0.05) is 65.9 Å². The molecule has 4 heterocycles. The summed E-state index contributed by atoms with van der Waals surface area (Å²) in [5, 5.41) is 5.84. The van der Waals surface area contributed by atoms with E-state index in [1.807, 2.05) is 48.5 Å². The molecular formula is C33H26N4O6S. The zero-order valence-corrected chi connectivity index (χ0v) is 24.6. The number of esters is 1. The number of benzene rings is 3. The summed E-state index contributed by atoms with van der Waals surface area (Å²) in [4.78, 5) is 46.6. The molecule has 1 aromatic heterocycles. The van der Waals surface area contributed by atoms with Crippen LogP contribution in [0.4, 0.5) is 5.69 Å². The van der Waals surface area contributed by atoms with E-state index in [0.717, 1.165) is 11.3 Å². The van der Waals surface area contributed by atoms with Gasteiger partial charge in [0.25, 0.3) is 11.5 Å². The SMILES string of the molecule is CCOC(=O)C1=C(c2ccccc2)N=c2s/c(=C/[C@H]3C(=O)N(c4ccccc4)N=C3C)c(=O)n2[C@@H]1c1ccc2c(c1)OCO2. The van der Waals surface area contributed by atoms with Gasteiger partial charge in [0, 0.05) is 5.56 Å². The van der Waals surface area contributed by atoms with Crippen molar-refractivity contribution in [3.8, 4) is 11.5 Å². The Hall–Kier alpha value is -5.29. The summed E-state index contributed by atoms with van der Waals surface area (Å²) < 4.78 is 18.5. The minimum atomic E-state index is -0.882. The molecule has 0 spiro atoms. The Kier molecular flexibility index (Phi) is 6.94. The monoisotopic (exact) mass is 606 g/mol. The van der Waals surface area contributed by atoms with E-state index in [0.29, 0.717) is 49.1 Å². The summed E-state index contributed by atoms with van der Waals surface area (Å²) in [7, 11) is 0. The number of amides is 1. The number of thiazole rings is 1. The van der Waals surface area contributed by atoms with Crippen molar-refractivity contribution in [3.05, 3.63) is 115 Å². The van der Waals surface area contributed by atoms with Crippen LogP contribution in [-0.2, 0) is 14.3 Å². The van der Waals surface area contributed by atoms with Crippen molar-refractivity contribution in [1.29, 1.82) is 0 Å². The first-order valence-corrected chi connectivity index (χ1v) is 14.9. The predicted molar refractivity (Wildman–Crippen MR) is 165 cm³/mol. The van der Waals surface area contributed by atoms with Crippen molar-refractivity contribution < 1.29 is 23.8 Å². The normalized spacial score (nSPS) is 19.1. The first-order chi connectivity index (χ1) is 21.4. The maximum atomic E-state index is 14.2. The number of hydrogen-bond donors (Lipinski definition) is 0. The molecule has 3 aromatic carbocycles.